The van der Waals surface area contributed by atoms with Gasteiger partial charge in [0, 0.05) is 19.3 Å². The normalized spacial score (nSPS) is 11.0. The second kappa shape index (κ2) is 8.14. The van der Waals surface area contributed by atoms with E-state index in [-0.39, 0.29) is 5.56 Å². The molecule has 3 aromatic rings. The van der Waals surface area contributed by atoms with Crippen molar-refractivity contribution in [1.82, 2.24) is 14.3 Å². The zero-order valence-corrected chi connectivity index (χ0v) is 16.3. The standard InChI is InChI=1S/C21H26N4O2/c1-16-20(21(26)25(24(16)4)18-8-6-5-7-9-18)22-17-10-12-19(13-11-17)27-15-14-23(2)3/h5-13,22H,14-15H2,1-4H3. The molecule has 2 aromatic carbocycles. The lowest BCUT2D eigenvalue weighted by Crippen LogP contribution is -2.20. The van der Waals surface area contributed by atoms with Crippen molar-refractivity contribution in [3.8, 4) is 11.4 Å². The lowest BCUT2D eigenvalue weighted by Gasteiger charge is -2.11. The van der Waals surface area contributed by atoms with Gasteiger partial charge in [-0.25, -0.2) is 4.68 Å². The third-order valence-corrected chi connectivity index (χ3v) is 4.49. The predicted octanol–water partition coefficient (Wildman–Crippen LogP) is 3.17. The number of aromatic nitrogens is 2. The van der Waals surface area contributed by atoms with E-state index in [0.29, 0.717) is 12.3 Å². The molecule has 27 heavy (non-hydrogen) atoms. The Balaban J connectivity index is 1.79. The van der Waals surface area contributed by atoms with E-state index in [1.165, 1.54) is 0 Å². The summed E-state index contributed by atoms with van der Waals surface area (Å²) in [6, 6.07) is 17.3. The second-order valence-electron chi connectivity index (χ2n) is 6.74. The van der Waals surface area contributed by atoms with Crippen LogP contribution in [0, 0.1) is 6.92 Å². The van der Waals surface area contributed by atoms with Gasteiger partial charge in [0.25, 0.3) is 5.56 Å². The first-order valence-electron chi connectivity index (χ1n) is 8.96. The van der Waals surface area contributed by atoms with E-state index in [0.717, 1.165) is 29.4 Å². The van der Waals surface area contributed by atoms with Crippen LogP contribution in [0.25, 0.3) is 5.69 Å². The van der Waals surface area contributed by atoms with Crippen LogP contribution in [-0.4, -0.2) is 41.5 Å². The van der Waals surface area contributed by atoms with Gasteiger partial charge in [-0.1, -0.05) is 18.2 Å². The van der Waals surface area contributed by atoms with Crippen LogP contribution in [0.5, 0.6) is 5.75 Å². The molecule has 6 heteroatoms. The van der Waals surface area contributed by atoms with Gasteiger partial charge in [0.05, 0.1) is 11.4 Å². The van der Waals surface area contributed by atoms with Gasteiger partial charge in [-0.2, -0.15) is 0 Å². The minimum Gasteiger partial charge on any atom is -0.492 e. The van der Waals surface area contributed by atoms with Crippen LogP contribution in [0.1, 0.15) is 5.69 Å². The second-order valence-corrected chi connectivity index (χ2v) is 6.74. The number of nitrogens with one attached hydrogen (secondary N) is 1. The molecule has 1 N–H and O–H groups in total. The number of nitrogens with zero attached hydrogens (tertiary/aromatic N) is 3. The fourth-order valence-electron chi connectivity index (χ4n) is 2.84. The Hall–Kier alpha value is -2.99. The highest BCUT2D eigenvalue weighted by molar-refractivity contribution is 5.62. The van der Waals surface area contributed by atoms with Gasteiger partial charge in [-0.15, -0.1) is 0 Å². The zero-order chi connectivity index (χ0) is 19.4. The van der Waals surface area contributed by atoms with Gasteiger partial charge < -0.3 is 15.0 Å². The van der Waals surface area contributed by atoms with E-state index in [1.807, 2.05) is 87.3 Å². The molecule has 0 atom stereocenters. The van der Waals surface area contributed by atoms with Crippen LogP contribution in [0.2, 0.25) is 0 Å². The van der Waals surface area contributed by atoms with Crippen molar-refractivity contribution >= 4 is 11.4 Å². The Labute approximate surface area is 159 Å². The lowest BCUT2D eigenvalue weighted by atomic mass is 10.3. The van der Waals surface area contributed by atoms with Crippen molar-refractivity contribution in [2.75, 3.05) is 32.6 Å². The number of likely N-dealkylation sites (N-methyl/N-ethyl adjacent to an activating group) is 1. The third-order valence-electron chi connectivity index (χ3n) is 4.49. The molecule has 0 amide bonds. The molecule has 0 aliphatic carbocycles. The van der Waals surface area contributed by atoms with E-state index in [9.17, 15) is 4.79 Å². The van der Waals surface area contributed by atoms with Gasteiger partial charge in [-0.05, 0) is 57.4 Å². The van der Waals surface area contributed by atoms with Crippen LogP contribution < -0.4 is 15.6 Å². The number of anilines is 2. The summed E-state index contributed by atoms with van der Waals surface area (Å²) in [6.45, 7) is 3.43. The molecule has 6 nitrogen and oxygen atoms in total. The van der Waals surface area contributed by atoms with E-state index in [1.54, 1.807) is 4.68 Å². The van der Waals surface area contributed by atoms with Gasteiger partial charge in [0.1, 0.15) is 18.0 Å². The van der Waals surface area contributed by atoms with Crippen LogP contribution in [0.3, 0.4) is 0 Å². The fourth-order valence-corrected chi connectivity index (χ4v) is 2.84. The SMILES string of the molecule is Cc1c(Nc2ccc(OCCN(C)C)cc2)c(=O)n(-c2ccccc2)n1C. The minimum atomic E-state index is -0.0764. The zero-order valence-electron chi connectivity index (χ0n) is 16.3. The number of para-hydroxylation sites is 1. The number of benzene rings is 2. The Morgan fingerprint density at radius 1 is 1.04 bits per heavy atom. The van der Waals surface area contributed by atoms with Gasteiger partial charge >= 0.3 is 0 Å². The smallest absolute Gasteiger partial charge is 0.295 e. The molecule has 142 valence electrons. The first-order valence-corrected chi connectivity index (χ1v) is 8.96. The highest BCUT2D eigenvalue weighted by Gasteiger charge is 2.16. The van der Waals surface area contributed by atoms with E-state index >= 15 is 0 Å². The first kappa shape index (κ1) is 18.8. The molecular weight excluding hydrogens is 340 g/mol. The van der Waals surface area contributed by atoms with Crippen LogP contribution >= 0.6 is 0 Å². The number of rotatable bonds is 7. The summed E-state index contributed by atoms with van der Waals surface area (Å²) >= 11 is 0. The van der Waals surface area contributed by atoms with Crippen molar-refractivity contribution in [2.45, 2.75) is 6.92 Å². The first-order chi connectivity index (χ1) is 13.0. The topological polar surface area (TPSA) is 51.4 Å². The van der Waals surface area contributed by atoms with Crippen molar-refractivity contribution in [3.05, 3.63) is 70.6 Å². The van der Waals surface area contributed by atoms with Crippen molar-refractivity contribution in [3.63, 3.8) is 0 Å². The molecule has 0 bridgehead atoms. The molecule has 0 unspecified atom stereocenters. The average Bonchev–Trinajstić information content (AvgIpc) is 2.87. The summed E-state index contributed by atoms with van der Waals surface area (Å²) in [6.07, 6.45) is 0. The number of hydrogen-bond donors (Lipinski definition) is 1. The summed E-state index contributed by atoms with van der Waals surface area (Å²) in [5.74, 6) is 0.814. The molecule has 0 fully saturated rings. The van der Waals surface area contributed by atoms with Crippen molar-refractivity contribution < 1.29 is 4.74 Å². The largest absolute Gasteiger partial charge is 0.492 e. The molecule has 1 heterocycles. The Bertz CT molecular complexity index is 941. The summed E-state index contributed by atoms with van der Waals surface area (Å²) in [5, 5.41) is 3.26. The molecule has 0 radical (unpaired) electrons. The number of ether oxygens (including phenoxy) is 1. The summed E-state index contributed by atoms with van der Waals surface area (Å²) in [5.41, 5.74) is 3.05. The minimum absolute atomic E-state index is 0.0764. The quantitative estimate of drug-likeness (QED) is 0.698. The molecule has 0 aliphatic heterocycles. The maximum atomic E-state index is 12.9. The van der Waals surface area contributed by atoms with Crippen LogP contribution in [-0.2, 0) is 7.05 Å². The van der Waals surface area contributed by atoms with Gasteiger partial charge in [-0.3, -0.25) is 9.48 Å². The monoisotopic (exact) mass is 366 g/mol. The van der Waals surface area contributed by atoms with E-state index < -0.39 is 0 Å². The third kappa shape index (κ3) is 4.23. The average molecular weight is 366 g/mol. The highest BCUT2D eigenvalue weighted by Crippen LogP contribution is 2.21. The predicted molar refractivity (Wildman–Crippen MR) is 110 cm³/mol. The van der Waals surface area contributed by atoms with E-state index in [2.05, 4.69) is 10.2 Å². The maximum absolute atomic E-state index is 12.9. The van der Waals surface area contributed by atoms with Gasteiger partial charge in [0.2, 0.25) is 0 Å². The molecule has 1 aromatic heterocycles. The molecule has 0 saturated carbocycles. The molecule has 0 saturated heterocycles. The molecule has 0 aliphatic rings. The van der Waals surface area contributed by atoms with Crippen molar-refractivity contribution in [1.29, 1.82) is 0 Å². The van der Waals surface area contributed by atoms with Crippen LogP contribution in [0.15, 0.2) is 59.4 Å². The van der Waals surface area contributed by atoms with Gasteiger partial charge in [0.15, 0.2) is 0 Å². The lowest BCUT2D eigenvalue weighted by molar-refractivity contribution is 0.261. The fraction of sp³-hybridized carbons (Fsp3) is 0.286. The Morgan fingerprint density at radius 3 is 2.33 bits per heavy atom. The summed E-state index contributed by atoms with van der Waals surface area (Å²) in [4.78, 5) is 15.0. The van der Waals surface area contributed by atoms with Crippen LogP contribution in [0.4, 0.5) is 11.4 Å². The van der Waals surface area contributed by atoms with E-state index in [4.69, 9.17) is 4.74 Å². The molecule has 0 spiro atoms. The maximum Gasteiger partial charge on any atom is 0.295 e. The number of hydrogen-bond acceptors (Lipinski definition) is 4. The summed E-state index contributed by atoms with van der Waals surface area (Å²) in [7, 11) is 5.91. The highest BCUT2D eigenvalue weighted by atomic mass is 16.5. The van der Waals surface area contributed by atoms with Crippen molar-refractivity contribution in [2.24, 2.45) is 7.05 Å². The molecular formula is C21H26N4O2. The Morgan fingerprint density at radius 2 is 1.70 bits per heavy atom. The Kier molecular flexibility index (Phi) is 5.66. The molecule has 3 rings (SSSR count). The summed E-state index contributed by atoms with van der Waals surface area (Å²) < 4.78 is 9.23.